The lowest BCUT2D eigenvalue weighted by molar-refractivity contribution is 0.0257. The average molecular weight is 457 g/mol. The van der Waals surface area contributed by atoms with Crippen LogP contribution in [-0.2, 0) is 14.2 Å². The van der Waals surface area contributed by atoms with Crippen molar-refractivity contribution in [1.82, 2.24) is 10.6 Å². The van der Waals surface area contributed by atoms with Gasteiger partial charge in [-0.3, -0.25) is 4.99 Å². The number of rotatable bonds is 10. The molecular formula is C17H36IN3O3. The Balaban J connectivity index is 0.00000529. The standard InChI is InChI=1S/C17H35N3O3.HI/c1-6-22-16(13(2)3)7-9-19-17(18-5)20-14(4)11-23-15-8-10-21-12-15;/h13-16H,6-12H2,1-5H3,(H2,18,19,20);1H. The highest BCUT2D eigenvalue weighted by Gasteiger charge is 2.17. The van der Waals surface area contributed by atoms with Crippen molar-refractivity contribution in [1.29, 1.82) is 0 Å². The summed E-state index contributed by atoms with van der Waals surface area (Å²) >= 11 is 0. The summed E-state index contributed by atoms with van der Waals surface area (Å²) in [6, 6.07) is 0.203. The van der Waals surface area contributed by atoms with Gasteiger partial charge in [0.05, 0.1) is 25.4 Å². The first kappa shape index (κ1) is 23.9. The first-order valence-electron chi connectivity index (χ1n) is 8.84. The molecule has 2 N–H and O–H groups in total. The van der Waals surface area contributed by atoms with Gasteiger partial charge in [0.2, 0.25) is 0 Å². The molecule has 1 fully saturated rings. The molecule has 0 aromatic heterocycles. The molecule has 0 aromatic carbocycles. The van der Waals surface area contributed by atoms with Crippen molar-refractivity contribution < 1.29 is 14.2 Å². The lowest BCUT2D eigenvalue weighted by Crippen LogP contribution is -2.45. The van der Waals surface area contributed by atoms with E-state index in [0.29, 0.717) is 19.1 Å². The molecular weight excluding hydrogens is 421 g/mol. The van der Waals surface area contributed by atoms with Crippen LogP contribution in [-0.4, -0.2) is 64.2 Å². The van der Waals surface area contributed by atoms with Crippen molar-refractivity contribution in [2.24, 2.45) is 10.9 Å². The molecule has 0 aromatic rings. The smallest absolute Gasteiger partial charge is 0.191 e. The van der Waals surface area contributed by atoms with Crippen molar-refractivity contribution in [2.45, 2.75) is 58.8 Å². The molecule has 3 atom stereocenters. The van der Waals surface area contributed by atoms with Gasteiger partial charge in [-0.1, -0.05) is 13.8 Å². The third-order valence-electron chi connectivity index (χ3n) is 3.92. The Labute approximate surface area is 164 Å². The molecule has 1 aliphatic heterocycles. The maximum absolute atomic E-state index is 5.83. The monoisotopic (exact) mass is 457 g/mol. The fourth-order valence-corrected chi connectivity index (χ4v) is 2.55. The second-order valence-corrected chi connectivity index (χ2v) is 6.39. The highest BCUT2D eigenvalue weighted by molar-refractivity contribution is 14.0. The summed E-state index contributed by atoms with van der Waals surface area (Å²) in [6.45, 7) is 12.3. The topological polar surface area (TPSA) is 64.1 Å². The van der Waals surface area contributed by atoms with Crippen LogP contribution < -0.4 is 10.6 Å². The van der Waals surface area contributed by atoms with E-state index < -0.39 is 0 Å². The lowest BCUT2D eigenvalue weighted by Gasteiger charge is -2.23. The number of ether oxygens (including phenoxy) is 3. The Morgan fingerprint density at radius 3 is 2.62 bits per heavy atom. The molecule has 144 valence electrons. The van der Waals surface area contributed by atoms with Crippen LogP contribution in [0.2, 0.25) is 0 Å². The van der Waals surface area contributed by atoms with E-state index in [1.165, 1.54) is 0 Å². The SMILES string of the molecule is CCOC(CCNC(=NC)NC(C)COC1CCOC1)C(C)C.I. The van der Waals surface area contributed by atoms with Crippen LogP contribution in [0, 0.1) is 5.92 Å². The maximum atomic E-state index is 5.83. The molecule has 1 aliphatic rings. The van der Waals surface area contributed by atoms with E-state index in [-0.39, 0.29) is 42.2 Å². The Hall–Kier alpha value is -0.120. The maximum Gasteiger partial charge on any atom is 0.191 e. The first-order chi connectivity index (χ1) is 11.1. The Bertz CT molecular complexity index is 337. The minimum absolute atomic E-state index is 0. The molecule has 6 nitrogen and oxygen atoms in total. The van der Waals surface area contributed by atoms with Crippen LogP contribution in [0.1, 0.15) is 40.5 Å². The molecule has 1 rings (SSSR count). The number of nitrogens with zero attached hydrogens (tertiary/aromatic N) is 1. The molecule has 0 saturated carbocycles. The van der Waals surface area contributed by atoms with Gasteiger partial charge in [0.1, 0.15) is 0 Å². The fourth-order valence-electron chi connectivity index (χ4n) is 2.55. The summed E-state index contributed by atoms with van der Waals surface area (Å²) < 4.78 is 16.9. The van der Waals surface area contributed by atoms with E-state index in [0.717, 1.165) is 38.6 Å². The number of hydrogen-bond acceptors (Lipinski definition) is 4. The van der Waals surface area contributed by atoms with E-state index in [1.54, 1.807) is 7.05 Å². The van der Waals surface area contributed by atoms with E-state index in [9.17, 15) is 0 Å². The predicted molar refractivity (Wildman–Crippen MR) is 109 cm³/mol. The van der Waals surface area contributed by atoms with E-state index >= 15 is 0 Å². The highest BCUT2D eigenvalue weighted by atomic mass is 127. The molecule has 1 heterocycles. The Morgan fingerprint density at radius 2 is 2.08 bits per heavy atom. The zero-order valence-corrected chi connectivity index (χ0v) is 18.2. The highest BCUT2D eigenvalue weighted by Crippen LogP contribution is 2.10. The largest absolute Gasteiger partial charge is 0.379 e. The van der Waals surface area contributed by atoms with E-state index in [2.05, 4.69) is 36.4 Å². The molecule has 1 saturated heterocycles. The summed E-state index contributed by atoms with van der Waals surface area (Å²) in [5.41, 5.74) is 0. The van der Waals surface area contributed by atoms with Gasteiger partial charge in [-0.15, -0.1) is 24.0 Å². The van der Waals surface area contributed by atoms with Gasteiger partial charge >= 0.3 is 0 Å². The van der Waals surface area contributed by atoms with Gasteiger partial charge in [-0.25, -0.2) is 0 Å². The van der Waals surface area contributed by atoms with Gasteiger partial charge in [0, 0.05) is 32.8 Å². The van der Waals surface area contributed by atoms with Crippen molar-refractivity contribution in [3.05, 3.63) is 0 Å². The van der Waals surface area contributed by atoms with Gasteiger partial charge in [0.25, 0.3) is 0 Å². The first-order valence-corrected chi connectivity index (χ1v) is 8.84. The van der Waals surface area contributed by atoms with Gasteiger partial charge in [-0.2, -0.15) is 0 Å². The third kappa shape index (κ3) is 10.0. The van der Waals surface area contributed by atoms with Gasteiger partial charge < -0.3 is 24.8 Å². The van der Waals surface area contributed by atoms with Crippen molar-refractivity contribution in [3.63, 3.8) is 0 Å². The van der Waals surface area contributed by atoms with Crippen molar-refractivity contribution in [3.8, 4) is 0 Å². The zero-order valence-electron chi connectivity index (χ0n) is 15.8. The second kappa shape index (κ2) is 14.1. The average Bonchev–Trinajstić information content (AvgIpc) is 3.04. The summed E-state index contributed by atoms with van der Waals surface area (Å²) in [5, 5.41) is 6.71. The minimum atomic E-state index is 0. The molecule has 0 spiro atoms. The van der Waals surface area contributed by atoms with Crippen LogP contribution in [0.4, 0.5) is 0 Å². The van der Waals surface area contributed by atoms with Gasteiger partial charge in [0.15, 0.2) is 5.96 Å². The normalized spacial score (nSPS) is 20.6. The molecule has 24 heavy (non-hydrogen) atoms. The summed E-state index contributed by atoms with van der Waals surface area (Å²) in [4.78, 5) is 4.27. The van der Waals surface area contributed by atoms with Crippen LogP contribution in [0.3, 0.4) is 0 Å². The minimum Gasteiger partial charge on any atom is -0.379 e. The molecule has 0 radical (unpaired) electrons. The van der Waals surface area contributed by atoms with E-state index in [1.807, 2.05) is 6.92 Å². The molecule has 0 bridgehead atoms. The molecule has 0 aliphatic carbocycles. The Kier molecular flexibility index (Phi) is 14.0. The van der Waals surface area contributed by atoms with Crippen molar-refractivity contribution >= 4 is 29.9 Å². The van der Waals surface area contributed by atoms with Crippen LogP contribution in [0.15, 0.2) is 4.99 Å². The molecule has 7 heteroatoms. The quantitative estimate of drug-likeness (QED) is 0.300. The predicted octanol–water partition coefficient (Wildman–Crippen LogP) is 2.41. The van der Waals surface area contributed by atoms with Crippen LogP contribution in [0.25, 0.3) is 0 Å². The lowest BCUT2D eigenvalue weighted by atomic mass is 10.0. The number of hydrogen-bond donors (Lipinski definition) is 2. The van der Waals surface area contributed by atoms with Crippen molar-refractivity contribution in [2.75, 3.05) is 40.0 Å². The van der Waals surface area contributed by atoms with E-state index in [4.69, 9.17) is 14.2 Å². The number of guanidine groups is 1. The third-order valence-corrected chi connectivity index (χ3v) is 3.92. The summed E-state index contributed by atoms with van der Waals surface area (Å²) in [6.07, 6.45) is 2.49. The second-order valence-electron chi connectivity index (χ2n) is 6.39. The van der Waals surface area contributed by atoms with Crippen LogP contribution >= 0.6 is 24.0 Å². The number of halogens is 1. The zero-order chi connectivity index (χ0) is 17.1. The summed E-state index contributed by atoms with van der Waals surface area (Å²) in [5.74, 6) is 1.33. The number of nitrogens with one attached hydrogen (secondary N) is 2. The van der Waals surface area contributed by atoms with Crippen LogP contribution in [0.5, 0.6) is 0 Å². The summed E-state index contributed by atoms with van der Waals surface area (Å²) in [7, 11) is 1.79. The van der Waals surface area contributed by atoms with Gasteiger partial charge in [-0.05, 0) is 32.6 Å². The number of aliphatic imine (C=N–C) groups is 1. The molecule has 0 amide bonds. The molecule has 3 unspecified atom stereocenters. The fraction of sp³-hybridized carbons (Fsp3) is 0.941. The Morgan fingerprint density at radius 1 is 1.33 bits per heavy atom.